The number of nitrogens with one attached hydrogen (secondary N) is 3. The number of rotatable bonds is 10. The molecule has 5 rings (SSSR count). The Balaban J connectivity index is 1.32. The van der Waals surface area contributed by atoms with Crippen LogP contribution in [0.25, 0.3) is 22.5 Å². The second kappa shape index (κ2) is 11.6. The molecule has 0 unspecified atom stereocenters. The van der Waals surface area contributed by atoms with Crippen LogP contribution in [0.5, 0.6) is 0 Å². The molecule has 1 amide bonds. The fourth-order valence-corrected chi connectivity index (χ4v) is 5.86. The number of ether oxygens (including phenoxy) is 1. The van der Waals surface area contributed by atoms with Gasteiger partial charge in [0.1, 0.15) is 11.7 Å². The van der Waals surface area contributed by atoms with E-state index in [9.17, 15) is 18.0 Å². The summed E-state index contributed by atoms with van der Waals surface area (Å²) in [5, 5.41) is 2.86. The van der Waals surface area contributed by atoms with Gasteiger partial charge in [-0.2, -0.15) is 13.1 Å². The van der Waals surface area contributed by atoms with Crippen molar-refractivity contribution in [2.45, 2.75) is 38.8 Å². The van der Waals surface area contributed by atoms with E-state index in [2.05, 4.69) is 19.7 Å². The molecule has 2 heterocycles. The van der Waals surface area contributed by atoms with Gasteiger partial charge in [0.25, 0.3) is 16.1 Å². The van der Waals surface area contributed by atoms with E-state index in [0.717, 1.165) is 23.1 Å². The van der Waals surface area contributed by atoms with Gasteiger partial charge >= 0.3 is 5.97 Å². The van der Waals surface area contributed by atoms with E-state index < -0.39 is 22.2 Å². The number of fused-ring (bicyclic) bond motifs is 2. The van der Waals surface area contributed by atoms with Crippen molar-refractivity contribution in [1.29, 1.82) is 0 Å². The first kappa shape index (κ1) is 28.1. The third-order valence-corrected chi connectivity index (χ3v) is 7.78. The molecule has 2 aromatic carbocycles. The van der Waals surface area contributed by atoms with Gasteiger partial charge in [-0.25, -0.2) is 4.98 Å². The van der Waals surface area contributed by atoms with E-state index >= 15 is 0 Å². The Kier molecular flexibility index (Phi) is 7.91. The molecule has 4 aromatic rings. The van der Waals surface area contributed by atoms with Gasteiger partial charge < -0.3 is 14.5 Å². The summed E-state index contributed by atoms with van der Waals surface area (Å²) in [6, 6.07) is 17.0. The number of amides is 1. The van der Waals surface area contributed by atoms with E-state index in [1.165, 1.54) is 7.11 Å². The van der Waals surface area contributed by atoms with Crippen molar-refractivity contribution in [1.82, 2.24) is 19.4 Å². The van der Waals surface area contributed by atoms with E-state index in [-0.39, 0.29) is 24.1 Å². The predicted octanol–water partition coefficient (Wildman–Crippen LogP) is 3.96. The molecule has 1 aliphatic carbocycles. The molecule has 1 aliphatic rings. The molecule has 0 saturated carbocycles. The Morgan fingerprint density at radius 2 is 1.85 bits per heavy atom. The van der Waals surface area contributed by atoms with Crippen LogP contribution in [0.1, 0.15) is 41.8 Å². The molecule has 0 radical (unpaired) electrons. The van der Waals surface area contributed by atoms with Crippen LogP contribution in [0.2, 0.25) is 0 Å². The highest BCUT2D eigenvalue weighted by Gasteiger charge is 2.28. The molecule has 0 aliphatic heterocycles. The fraction of sp³-hybridized carbons (Fsp3) is 0.233. The van der Waals surface area contributed by atoms with Crippen LogP contribution in [-0.2, 0) is 26.2 Å². The summed E-state index contributed by atoms with van der Waals surface area (Å²) in [6.45, 7) is 3.79. The predicted molar refractivity (Wildman–Crippen MR) is 157 cm³/mol. The highest BCUT2D eigenvalue weighted by atomic mass is 32.2. The van der Waals surface area contributed by atoms with Gasteiger partial charge in [0.2, 0.25) is 0 Å². The van der Waals surface area contributed by atoms with Crippen molar-refractivity contribution >= 4 is 39.0 Å². The Hall–Kier alpha value is -4.48. The largest absolute Gasteiger partial charge is 0.468 e. The van der Waals surface area contributed by atoms with E-state index in [0.29, 0.717) is 22.5 Å². The second-order valence-corrected chi connectivity index (χ2v) is 11.6. The average Bonchev–Trinajstić information content (AvgIpc) is 3.55. The van der Waals surface area contributed by atoms with Gasteiger partial charge in [-0.05, 0) is 67.7 Å². The van der Waals surface area contributed by atoms with E-state index in [1.54, 1.807) is 53.2 Å². The Bertz CT molecular complexity index is 1760. The van der Waals surface area contributed by atoms with Crippen molar-refractivity contribution in [3.63, 3.8) is 0 Å². The zero-order chi connectivity index (χ0) is 29.1. The molecular formula is C30H31N5O5S. The number of methoxy groups -OCH3 is 1. The summed E-state index contributed by atoms with van der Waals surface area (Å²) in [6.07, 6.45) is 6.36. The fourth-order valence-electron chi connectivity index (χ4n) is 4.81. The molecule has 3 N–H and O–H groups in total. The Morgan fingerprint density at radius 1 is 1.05 bits per heavy atom. The van der Waals surface area contributed by atoms with Crippen molar-refractivity contribution in [3.8, 4) is 11.3 Å². The minimum atomic E-state index is -4.15. The number of benzene rings is 2. The monoisotopic (exact) mass is 573 g/mol. The van der Waals surface area contributed by atoms with Gasteiger partial charge in [0.15, 0.2) is 0 Å². The maximum atomic E-state index is 13.1. The summed E-state index contributed by atoms with van der Waals surface area (Å²) in [7, 11) is -2.93. The Morgan fingerprint density at radius 3 is 2.63 bits per heavy atom. The van der Waals surface area contributed by atoms with E-state index in [4.69, 9.17) is 4.74 Å². The van der Waals surface area contributed by atoms with Crippen LogP contribution >= 0.6 is 0 Å². The van der Waals surface area contributed by atoms with Crippen LogP contribution in [-0.4, -0.2) is 48.9 Å². The van der Waals surface area contributed by atoms with Crippen LogP contribution < -0.4 is 14.8 Å². The molecule has 212 valence electrons. The van der Waals surface area contributed by atoms with Gasteiger partial charge in [-0.3, -0.25) is 14.3 Å². The van der Waals surface area contributed by atoms with E-state index in [1.807, 2.05) is 44.2 Å². The smallest absolute Gasteiger partial charge is 0.324 e. The number of imidazole rings is 1. The zero-order valence-electron chi connectivity index (χ0n) is 22.9. The number of nitrogens with zero attached hydrogens (tertiary/aromatic N) is 2. The number of hydrogen-bond acceptors (Lipinski definition) is 6. The average molecular weight is 574 g/mol. The summed E-state index contributed by atoms with van der Waals surface area (Å²) >= 11 is 0. The first-order valence-corrected chi connectivity index (χ1v) is 14.7. The van der Waals surface area contributed by atoms with Gasteiger partial charge in [0, 0.05) is 24.0 Å². The second-order valence-electron chi connectivity index (χ2n) is 10.1. The maximum absolute atomic E-state index is 13.1. The lowest BCUT2D eigenvalue weighted by atomic mass is 10.0. The Labute approximate surface area is 238 Å². The number of allylic oxidation sites excluding steroid dienone is 1. The normalized spacial score (nSPS) is 13.5. The van der Waals surface area contributed by atoms with Crippen LogP contribution in [0.3, 0.4) is 0 Å². The molecule has 10 nitrogen and oxygen atoms in total. The highest BCUT2D eigenvalue weighted by Crippen LogP contribution is 2.31. The molecule has 0 bridgehead atoms. The first-order valence-electron chi connectivity index (χ1n) is 13.2. The number of carbonyl (C=O) groups is 2. The number of carbonyl (C=O) groups excluding carboxylic acids is 2. The SMILES string of the molecule is COC(=O)[C@@H](CC1=CCc2ccccc21)NS(=O)(=O)Nc1cccc(-c2cn3cc(C(=O)NC(C)C)ccc3n2)c1. The summed E-state index contributed by atoms with van der Waals surface area (Å²) in [4.78, 5) is 29.6. The van der Waals surface area contributed by atoms with Crippen LogP contribution in [0, 0.1) is 0 Å². The first-order chi connectivity index (χ1) is 19.6. The summed E-state index contributed by atoms with van der Waals surface area (Å²) in [5.41, 5.74) is 5.71. The third-order valence-electron chi connectivity index (χ3n) is 6.68. The highest BCUT2D eigenvalue weighted by molar-refractivity contribution is 7.90. The number of anilines is 1. The minimum Gasteiger partial charge on any atom is -0.468 e. The zero-order valence-corrected chi connectivity index (χ0v) is 23.7. The molecular weight excluding hydrogens is 542 g/mol. The molecule has 0 spiro atoms. The number of hydrogen-bond donors (Lipinski definition) is 3. The van der Waals surface area contributed by atoms with Crippen molar-refractivity contribution in [3.05, 3.63) is 95.8 Å². The number of pyridine rings is 1. The molecule has 2 aromatic heterocycles. The van der Waals surface area contributed by atoms with Gasteiger partial charge in [-0.15, -0.1) is 0 Å². The lowest BCUT2D eigenvalue weighted by molar-refractivity contribution is -0.142. The molecule has 11 heteroatoms. The molecule has 41 heavy (non-hydrogen) atoms. The quantitative estimate of drug-likeness (QED) is 0.246. The maximum Gasteiger partial charge on any atom is 0.324 e. The van der Waals surface area contributed by atoms with Crippen LogP contribution in [0.4, 0.5) is 5.69 Å². The topological polar surface area (TPSA) is 131 Å². The van der Waals surface area contributed by atoms with Crippen molar-refractivity contribution in [2.24, 2.45) is 0 Å². The summed E-state index contributed by atoms with van der Waals surface area (Å²) in [5.74, 6) is -0.861. The van der Waals surface area contributed by atoms with Crippen molar-refractivity contribution < 1.29 is 22.7 Å². The lowest BCUT2D eigenvalue weighted by Gasteiger charge is -2.18. The number of aromatic nitrogens is 2. The van der Waals surface area contributed by atoms with Crippen molar-refractivity contribution in [2.75, 3.05) is 11.8 Å². The summed E-state index contributed by atoms with van der Waals surface area (Å²) < 4.78 is 37.8. The molecule has 1 atom stereocenters. The van der Waals surface area contributed by atoms with Gasteiger partial charge in [-0.1, -0.05) is 42.5 Å². The lowest BCUT2D eigenvalue weighted by Crippen LogP contribution is -2.44. The molecule has 0 saturated heterocycles. The number of esters is 1. The minimum absolute atomic E-state index is 0.0111. The van der Waals surface area contributed by atoms with Crippen LogP contribution in [0.15, 0.2) is 79.1 Å². The third kappa shape index (κ3) is 6.47. The van der Waals surface area contributed by atoms with Gasteiger partial charge in [0.05, 0.1) is 24.1 Å². The standard InChI is InChI=1S/C30H31N5O5S/c1-19(2)31-29(36)23-13-14-28-32-27(18-35(28)17-23)22-8-6-9-24(15-22)33-41(38,39)34-26(30(37)40-3)16-21-12-11-20-7-4-5-10-25(20)21/h4-10,12-15,17-19,26,33-34H,11,16H2,1-3H3,(H,31,36)/t26-/m1/s1. The molecule has 0 fully saturated rings.